The van der Waals surface area contributed by atoms with Crippen LogP contribution in [-0.2, 0) is 20.0 Å². The third kappa shape index (κ3) is 3.97. The lowest BCUT2D eigenvalue weighted by atomic mass is 10.1. The first kappa shape index (κ1) is 19.1. The maximum Gasteiger partial charge on any atom is 0.167 e. The maximum atomic E-state index is 11.7. The number of nitrogens with one attached hydrogen (secondary N) is 1. The zero-order valence-corrected chi connectivity index (χ0v) is 17.4. The number of benzene rings is 1. The second kappa shape index (κ2) is 8.00. The largest absolute Gasteiger partial charge is 0.325 e. The van der Waals surface area contributed by atoms with Crippen LogP contribution in [0.3, 0.4) is 0 Å². The lowest BCUT2D eigenvalue weighted by Gasteiger charge is -2.12. The van der Waals surface area contributed by atoms with Crippen molar-refractivity contribution in [3.63, 3.8) is 0 Å². The Bertz CT molecular complexity index is 1150. The maximum absolute atomic E-state index is 11.7. The molecule has 148 valence electrons. The Balaban J connectivity index is 1.60. The highest BCUT2D eigenvalue weighted by atomic mass is 32.1. The molecule has 0 saturated carbocycles. The van der Waals surface area contributed by atoms with Crippen molar-refractivity contribution >= 4 is 34.2 Å². The van der Waals surface area contributed by atoms with Crippen LogP contribution in [0.5, 0.6) is 0 Å². The van der Waals surface area contributed by atoms with Crippen LogP contribution in [0.4, 0.5) is 0 Å². The SMILES string of the molecule is Cc1ccc(CN(C)/N=C\c2c(C=O)n(C)c3nc(Cc4cc[nH]n4)sc23)cc1. The van der Waals surface area contributed by atoms with Crippen LogP contribution in [0.2, 0.25) is 0 Å². The van der Waals surface area contributed by atoms with Crippen LogP contribution in [0.15, 0.2) is 41.6 Å². The van der Waals surface area contributed by atoms with Gasteiger partial charge in [-0.15, -0.1) is 11.3 Å². The van der Waals surface area contributed by atoms with Crippen molar-refractivity contribution in [3.05, 3.63) is 69.6 Å². The molecule has 0 atom stereocenters. The smallest absolute Gasteiger partial charge is 0.167 e. The lowest BCUT2D eigenvalue weighted by Crippen LogP contribution is -2.11. The molecule has 3 aromatic heterocycles. The molecule has 0 radical (unpaired) electrons. The molecule has 0 amide bonds. The third-order valence-corrected chi connectivity index (χ3v) is 5.85. The van der Waals surface area contributed by atoms with Crippen molar-refractivity contribution in [2.24, 2.45) is 12.1 Å². The van der Waals surface area contributed by atoms with Gasteiger partial charge in [0.05, 0.1) is 28.8 Å². The molecule has 7 nitrogen and oxygen atoms in total. The van der Waals surface area contributed by atoms with Crippen LogP contribution in [0.1, 0.15) is 37.9 Å². The van der Waals surface area contributed by atoms with E-state index in [1.165, 1.54) is 11.1 Å². The number of aldehydes is 1. The Morgan fingerprint density at radius 1 is 1.28 bits per heavy atom. The molecular formula is C21H22N6OS. The topological polar surface area (TPSA) is 79.2 Å². The summed E-state index contributed by atoms with van der Waals surface area (Å²) in [5.74, 6) is 0. The molecule has 1 N–H and O–H groups in total. The monoisotopic (exact) mass is 406 g/mol. The van der Waals surface area contributed by atoms with Crippen LogP contribution in [0, 0.1) is 6.92 Å². The van der Waals surface area contributed by atoms with Gasteiger partial charge >= 0.3 is 0 Å². The molecule has 0 aliphatic carbocycles. The summed E-state index contributed by atoms with van der Waals surface area (Å²) in [6.45, 7) is 2.76. The third-order valence-electron chi connectivity index (χ3n) is 4.77. The van der Waals surface area contributed by atoms with Crippen molar-refractivity contribution in [2.45, 2.75) is 19.9 Å². The number of hydrogen-bond acceptors (Lipinski definition) is 6. The first-order valence-corrected chi connectivity index (χ1v) is 10.1. The highest BCUT2D eigenvalue weighted by Crippen LogP contribution is 2.30. The average molecular weight is 407 g/mol. The molecule has 0 unspecified atom stereocenters. The van der Waals surface area contributed by atoms with Crippen molar-refractivity contribution in [1.82, 2.24) is 24.8 Å². The fraction of sp³-hybridized carbons (Fsp3) is 0.238. The quantitative estimate of drug-likeness (QED) is 0.289. The molecular weight excluding hydrogens is 384 g/mol. The summed E-state index contributed by atoms with van der Waals surface area (Å²) < 4.78 is 2.79. The second-order valence-electron chi connectivity index (χ2n) is 7.02. The van der Waals surface area contributed by atoms with Gasteiger partial charge in [-0.2, -0.15) is 10.2 Å². The van der Waals surface area contributed by atoms with Gasteiger partial charge in [-0.3, -0.25) is 14.9 Å². The Morgan fingerprint density at radius 2 is 2.07 bits per heavy atom. The molecule has 1 aromatic carbocycles. The van der Waals surface area contributed by atoms with Crippen LogP contribution in [0.25, 0.3) is 10.3 Å². The number of carbonyl (C=O) groups excluding carboxylic acids is 1. The highest BCUT2D eigenvalue weighted by molar-refractivity contribution is 7.19. The first-order valence-electron chi connectivity index (χ1n) is 9.27. The second-order valence-corrected chi connectivity index (χ2v) is 8.11. The molecule has 4 rings (SSSR count). The van der Waals surface area contributed by atoms with E-state index in [0.29, 0.717) is 18.7 Å². The van der Waals surface area contributed by atoms with E-state index in [-0.39, 0.29) is 0 Å². The molecule has 0 bridgehead atoms. The van der Waals surface area contributed by atoms with Crippen LogP contribution >= 0.6 is 11.3 Å². The zero-order chi connectivity index (χ0) is 20.4. The number of aromatic amines is 1. The summed E-state index contributed by atoms with van der Waals surface area (Å²) in [4.78, 5) is 16.4. The van der Waals surface area contributed by atoms with Crippen molar-refractivity contribution in [2.75, 3.05) is 7.05 Å². The molecule has 29 heavy (non-hydrogen) atoms. The van der Waals surface area contributed by atoms with E-state index in [1.54, 1.807) is 23.7 Å². The number of rotatable bonds is 7. The van der Waals surface area contributed by atoms with E-state index >= 15 is 0 Å². The standard InChI is InChI=1S/C21H22N6OS/c1-14-4-6-15(7-5-14)12-26(2)23-11-17-18(13-28)27(3)21-20(17)29-19(24-21)10-16-8-9-22-25-16/h4-9,11,13H,10,12H2,1-3H3,(H,22,25)/b23-11-. The number of hydrogen-bond donors (Lipinski definition) is 1. The highest BCUT2D eigenvalue weighted by Gasteiger charge is 2.18. The van der Waals surface area contributed by atoms with E-state index in [0.717, 1.165) is 32.9 Å². The summed E-state index contributed by atoms with van der Waals surface area (Å²) in [6, 6.07) is 10.3. The Hall–Kier alpha value is -3.26. The van der Waals surface area contributed by atoms with E-state index < -0.39 is 0 Å². The van der Waals surface area contributed by atoms with E-state index in [9.17, 15) is 4.79 Å². The number of fused-ring (bicyclic) bond motifs is 1. The first-order chi connectivity index (χ1) is 14.0. The fourth-order valence-corrected chi connectivity index (χ4v) is 4.34. The summed E-state index contributed by atoms with van der Waals surface area (Å²) in [5, 5.41) is 14.4. The molecule has 4 aromatic rings. The van der Waals surface area contributed by atoms with Crippen molar-refractivity contribution in [1.29, 1.82) is 0 Å². The average Bonchev–Trinajstić information content (AvgIpc) is 3.41. The van der Waals surface area contributed by atoms with Crippen molar-refractivity contribution < 1.29 is 4.79 Å². The van der Waals surface area contributed by atoms with Gasteiger partial charge in [0.25, 0.3) is 0 Å². The number of H-pyrrole nitrogens is 1. The normalized spacial score (nSPS) is 11.6. The summed E-state index contributed by atoms with van der Waals surface area (Å²) in [7, 11) is 3.78. The number of nitrogens with zero attached hydrogens (tertiary/aromatic N) is 5. The lowest BCUT2D eigenvalue weighted by molar-refractivity contribution is 0.111. The summed E-state index contributed by atoms with van der Waals surface area (Å²) in [5.41, 5.74) is 5.54. The number of aromatic nitrogens is 4. The van der Waals surface area contributed by atoms with E-state index in [4.69, 9.17) is 4.98 Å². The van der Waals surface area contributed by atoms with Gasteiger partial charge in [0.15, 0.2) is 11.9 Å². The molecule has 0 fully saturated rings. The molecule has 0 saturated heterocycles. The number of aryl methyl sites for hydroxylation is 2. The Morgan fingerprint density at radius 3 is 2.76 bits per heavy atom. The molecule has 8 heteroatoms. The Labute approximate surface area is 172 Å². The Kier molecular flexibility index (Phi) is 5.26. The molecule has 3 heterocycles. The molecule has 0 spiro atoms. The minimum atomic E-state index is 0.581. The minimum absolute atomic E-state index is 0.581. The van der Waals surface area contributed by atoms with Gasteiger partial charge in [-0.25, -0.2) is 4.98 Å². The predicted octanol–water partition coefficient (Wildman–Crippen LogP) is 3.54. The van der Waals surface area contributed by atoms with Gasteiger partial charge in [-0.05, 0) is 18.6 Å². The molecule has 0 aliphatic heterocycles. The number of carbonyl (C=O) groups is 1. The van der Waals surface area contributed by atoms with E-state index in [1.807, 2.05) is 29.7 Å². The number of hydrazone groups is 1. The minimum Gasteiger partial charge on any atom is -0.325 e. The zero-order valence-electron chi connectivity index (χ0n) is 16.6. The van der Waals surface area contributed by atoms with Crippen LogP contribution < -0.4 is 0 Å². The van der Waals surface area contributed by atoms with Gasteiger partial charge in [-0.1, -0.05) is 29.8 Å². The predicted molar refractivity (Wildman–Crippen MR) is 116 cm³/mol. The van der Waals surface area contributed by atoms with Crippen molar-refractivity contribution in [3.8, 4) is 0 Å². The van der Waals surface area contributed by atoms with Gasteiger partial charge < -0.3 is 4.57 Å². The molecule has 0 aliphatic rings. The van der Waals surface area contributed by atoms with Gasteiger partial charge in [0.1, 0.15) is 5.01 Å². The summed E-state index contributed by atoms with van der Waals surface area (Å²) >= 11 is 1.58. The van der Waals surface area contributed by atoms with Gasteiger partial charge in [0.2, 0.25) is 0 Å². The van der Waals surface area contributed by atoms with Crippen LogP contribution in [-0.4, -0.2) is 44.3 Å². The van der Waals surface area contributed by atoms with E-state index in [2.05, 4.69) is 46.5 Å². The van der Waals surface area contributed by atoms with Gasteiger partial charge in [0, 0.05) is 32.3 Å². The number of thiazole rings is 1. The fourth-order valence-electron chi connectivity index (χ4n) is 3.21. The summed E-state index contributed by atoms with van der Waals surface area (Å²) in [6.07, 6.45) is 5.08.